The smallest absolute Gasteiger partial charge is 0.258 e. The number of likely N-dealkylation sites (N-methyl/N-ethyl adjacent to an activating group) is 1. The van der Waals surface area contributed by atoms with Gasteiger partial charge in [0, 0.05) is 0 Å². The third-order valence-electron chi connectivity index (χ3n) is 5.80. The Balaban J connectivity index is 1.69. The number of carbonyl (C=O) groups excluding carboxylic acids is 1. The number of aromatic amines is 1. The van der Waals surface area contributed by atoms with E-state index in [9.17, 15) is 9.59 Å². The van der Waals surface area contributed by atoms with Crippen LogP contribution in [0.3, 0.4) is 0 Å². The fraction of sp³-hybridized carbons (Fsp3) is 0.423. The summed E-state index contributed by atoms with van der Waals surface area (Å²) in [6.07, 6.45) is 0. The second-order valence-corrected chi connectivity index (χ2v) is 8.94. The van der Waals surface area contributed by atoms with Crippen molar-refractivity contribution < 1.29 is 4.79 Å². The van der Waals surface area contributed by atoms with Crippen molar-refractivity contribution in [1.29, 1.82) is 0 Å². The molecular formula is C26H34N4O2. The first-order valence-electron chi connectivity index (χ1n) is 11.4. The quantitative estimate of drug-likeness (QED) is 0.524. The van der Waals surface area contributed by atoms with Crippen molar-refractivity contribution in [3.63, 3.8) is 0 Å². The largest absolute Gasteiger partial charge is 0.348 e. The molecule has 1 amide bonds. The van der Waals surface area contributed by atoms with E-state index in [4.69, 9.17) is 0 Å². The molecule has 0 saturated carbocycles. The molecule has 2 aromatic carbocycles. The second-order valence-electron chi connectivity index (χ2n) is 8.94. The predicted octanol–water partition coefficient (Wildman–Crippen LogP) is 4.38. The van der Waals surface area contributed by atoms with Crippen LogP contribution < -0.4 is 10.9 Å². The molecule has 0 fully saturated rings. The summed E-state index contributed by atoms with van der Waals surface area (Å²) in [5.74, 6) is 1.26. The van der Waals surface area contributed by atoms with E-state index in [1.165, 1.54) is 5.56 Å². The van der Waals surface area contributed by atoms with Gasteiger partial charge in [0.1, 0.15) is 5.82 Å². The zero-order chi connectivity index (χ0) is 23.3. The highest BCUT2D eigenvalue weighted by Crippen LogP contribution is 2.24. The van der Waals surface area contributed by atoms with Crippen LogP contribution in [0.5, 0.6) is 0 Å². The average molecular weight is 435 g/mol. The summed E-state index contributed by atoms with van der Waals surface area (Å²) in [4.78, 5) is 34.6. The normalized spacial score (nSPS) is 12.6. The Bertz CT molecular complexity index is 1100. The van der Waals surface area contributed by atoms with Crippen LogP contribution in [0.1, 0.15) is 63.5 Å². The minimum absolute atomic E-state index is 0.0402. The van der Waals surface area contributed by atoms with Crippen molar-refractivity contribution in [1.82, 2.24) is 20.2 Å². The SMILES string of the molecule is CCN(CC(=O)NC(c1ccc(C(C)C)cc1)C(C)C)Cc1nc2ccccc2c(=O)[nH]1. The molecule has 6 nitrogen and oxygen atoms in total. The summed E-state index contributed by atoms with van der Waals surface area (Å²) in [6, 6.07) is 15.7. The Hall–Kier alpha value is -2.99. The molecule has 32 heavy (non-hydrogen) atoms. The summed E-state index contributed by atoms with van der Waals surface area (Å²) in [7, 11) is 0. The van der Waals surface area contributed by atoms with E-state index in [0.29, 0.717) is 35.7 Å². The minimum atomic E-state index is -0.157. The Kier molecular flexibility index (Phi) is 7.80. The first kappa shape index (κ1) is 23.7. The maximum absolute atomic E-state index is 12.9. The van der Waals surface area contributed by atoms with Gasteiger partial charge in [0.25, 0.3) is 5.56 Å². The average Bonchev–Trinajstić information content (AvgIpc) is 2.77. The molecule has 1 heterocycles. The first-order valence-corrected chi connectivity index (χ1v) is 11.4. The highest BCUT2D eigenvalue weighted by Gasteiger charge is 2.20. The van der Waals surface area contributed by atoms with E-state index in [2.05, 4.69) is 67.2 Å². The van der Waals surface area contributed by atoms with Gasteiger partial charge in [0.2, 0.25) is 5.91 Å². The van der Waals surface area contributed by atoms with Crippen molar-refractivity contribution in [2.24, 2.45) is 5.92 Å². The molecule has 3 aromatic rings. The van der Waals surface area contributed by atoms with Gasteiger partial charge in [-0.05, 0) is 41.6 Å². The minimum Gasteiger partial charge on any atom is -0.348 e. The lowest BCUT2D eigenvalue weighted by atomic mass is 9.93. The predicted molar refractivity (Wildman–Crippen MR) is 130 cm³/mol. The van der Waals surface area contributed by atoms with Gasteiger partial charge in [-0.1, -0.05) is 71.0 Å². The highest BCUT2D eigenvalue weighted by molar-refractivity contribution is 5.79. The molecular weight excluding hydrogens is 400 g/mol. The number of amides is 1. The van der Waals surface area contributed by atoms with Crippen LogP contribution in [0.4, 0.5) is 0 Å². The van der Waals surface area contributed by atoms with Gasteiger partial charge in [-0.15, -0.1) is 0 Å². The molecule has 0 spiro atoms. The number of para-hydroxylation sites is 1. The number of rotatable bonds is 9. The van der Waals surface area contributed by atoms with Gasteiger partial charge in [-0.3, -0.25) is 14.5 Å². The van der Waals surface area contributed by atoms with Gasteiger partial charge < -0.3 is 10.3 Å². The van der Waals surface area contributed by atoms with Crippen LogP contribution in [0.15, 0.2) is 53.3 Å². The summed E-state index contributed by atoms with van der Waals surface area (Å²) in [6.45, 7) is 11.9. The van der Waals surface area contributed by atoms with Crippen LogP contribution in [-0.2, 0) is 11.3 Å². The zero-order valence-corrected chi connectivity index (χ0v) is 19.7. The number of nitrogens with zero attached hydrogens (tertiary/aromatic N) is 2. The molecule has 0 aliphatic carbocycles. The number of hydrogen-bond donors (Lipinski definition) is 2. The summed E-state index contributed by atoms with van der Waals surface area (Å²) < 4.78 is 0. The monoisotopic (exact) mass is 434 g/mol. The third-order valence-corrected chi connectivity index (χ3v) is 5.80. The Morgan fingerprint density at radius 2 is 1.69 bits per heavy atom. The van der Waals surface area contributed by atoms with E-state index in [0.717, 1.165) is 5.56 Å². The molecule has 6 heteroatoms. The van der Waals surface area contributed by atoms with E-state index in [-0.39, 0.29) is 30.0 Å². The van der Waals surface area contributed by atoms with Gasteiger partial charge in [-0.2, -0.15) is 0 Å². The first-order chi connectivity index (χ1) is 15.3. The van der Waals surface area contributed by atoms with Gasteiger partial charge in [0.15, 0.2) is 0 Å². The molecule has 1 atom stereocenters. The molecule has 0 aliphatic heterocycles. The van der Waals surface area contributed by atoms with Crippen LogP contribution >= 0.6 is 0 Å². The molecule has 170 valence electrons. The Morgan fingerprint density at radius 3 is 2.31 bits per heavy atom. The Morgan fingerprint density at radius 1 is 1.03 bits per heavy atom. The lowest BCUT2D eigenvalue weighted by Gasteiger charge is -2.26. The molecule has 1 aromatic heterocycles. The lowest BCUT2D eigenvalue weighted by molar-refractivity contribution is -0.123. The number of hydrogen-bond acceptors (Lipinski definition) is 4. The van der Waals surface area contributed by atoms with Crippen molar-refractivity contribution in [3.8, 4) is 0 Å². The van der Waals surface area contributed by atoms with E-state index < -0.39 is 0 Å². The number of aromatic nitrogens is 2. The number of fused-ring (bicyclic) bond motifs is 1. The third kappa shape index (κ3) is 5.82. The topological polar surface area (TPSA) is 78.1 Å². The number of nitrogens with one attached hydrogen (secondary N) is 2. The lowest BCUT2D eigenvalue weighted by Crippen LogP contribution is -2.40. The maximum Gasteiger partial charge on any atom is 0.258 e. The second kappa shape index (κ2) is 10.6. The van der Waals surface area contributed by atoms with Crippen molar-refractivity contribution in [3.05, 3.63) is 75.8 Å². The van der Waals surface area contributed by atoms with Crippen LogP contribution in [0, 0.1) is 5.92 Å². The van der Waals surface area contributed by atoms with Crippen molar-refractivity contribution >= 4 is 16.8 Å². The van der Waals surface area contributed by atoms with E-state index in [1.54, 1.807) is 6.07 Å². The molecule has 1 unspecified atom stereocenters. The fourth-order valence-electron chi connectivity index (χ4n) is 3.85. The molecule has 2 N–H and O–H groups in total. The van der Waals surface area contributed by atoms with Crippen molar-refractivity contribution in [2.45, 2.75) is 53.1 Å². The highest BCUT2D eigenvalue weighted by atomic mass is 16.2. The number of H-pyrrole nitrogens is 1. The van der Waals surface area contributed by atoms with Crippen molar-refractivity contribution in [2.75, 3.05) is 13.1 Å². The van der Waals surface area contributed by atoms with E-state index in [1.807, 2.05) is 30.0 Å². The van der Waals surface area contributed by atoms with Crippen LogP contribution in [-0.4, -0.2) is 33.9 Å². The summed E-state index contributed by atoms with van der Waals surface area (Å²) in [5, 5.41) is 3.77. The fourth-order valence-corrected chi connectivity index (χ4v) is 3.85. The maximum atomic E-state index is 12.9. The number of benzene rings is 2. The molecule has 0 aliphatic rings. The molecule has 0 bridgehead atoms. The number of carbonyl (C=O) groups is 1. The van der Waals surface area contributed by atoms with Crippen LogP contribution in [0.2, 0.25) is 0 Å². The molecule has 3 rings (SSSR count). The van der Waals surface area contributed by atoms with Crippen LogP contribution in [0.25, 0.3) is 10.9 Å². The Labute approximate surface area is 190 Å². The summed E-state index contributed by atoms with van der Waals surface area (Å²) in [5.41, 5.74) is 2.91. The zero-order valence-electron chi connectivity index (χ0n) is 19.7. The van der Waals surface area contributed by atoms with Gasteiger partial charge >= 0.3 is 0 Å². The summed E-state index contributed by atoms with van der Waals surface area (Å²) >= 11 is 0. The molecule has 0 radical (unpaired) electrons. The standard InChI is InChI=1S/C26H34N4O2/c1-6-30(15-23-27-22-10-8-7-9-21(22)26(32)28-23)16-24(31)29-25(18(4)5)20-13-11-19(12-14-20)17(2)3/h7-14,17-18,25H,6,15-16H2,1-5H3,(H,29,31)(H,27,28,32). The molecule has 0 saturated heterocycles. The van der Waals surface area contributed by atoms with E-state index >= 15 is 0 Å². The van der Waals surface area contributed by atoms with Gasteiger partial charge in [-0.25, -0.2) is 4.98 Å². The van der Waals surface area contributed by atoms with Gasteiger partial charge in [0.05, 0.1) is 30.0 Å².